The SMILES string of the molecule is CN=C(NCCC1CCN(CC(F)(F)F)CC1)NCc1ncc(C(C)(C)C)o1. The highest BCUT2D eigenvalue weighted by Gasteiger charge is 2.32. The van der Waals surface area contributed by atoms with Gasteiger partial charge >= 0.3 is 6.18 Å². The predicted octanol–water partition coefficient (Wildman–Crippen LogP) is 3.30. The minimum atomic E-state index is -4.11. The van der Waals surface area contributed by atoms with E-state index in [4.69, 9.17) is 4.42 Å². The normalized spacial score (nSPS) is 17.8. The summed E-state index contributed by atoms with van der Waals surface area (Å²) in [5.74, 6) is 2.54. The summed E-state index contributed by atoms with van der Waals surface area (Å²) >= 11 is 0. The van der Waals surface area contributed by atoms with Crippen LogP contribution in [0.5, 0.6) is 0 Å². The number of rotatable bonds is 6. The third-order valence-corrected chi connectivity index (χ3v) is 4.88. The first-order chi connectivity index (χ1) is 13.1. The fourth-order valence-electron chi connectivity index (χ4n) is 3.20. The average molecular weight is 403 g/mol. The minimum Gasteiger partial charge on any atom is -0.443 e. The Balaban J connectivity index is 1.66. The maximum atomic E-state index is 12.4. The summed E-state index contributed by atoms with van der Waals surface area (Å²) in [6, 6.07) is 0. The standard InChI is InChI=1S/C19H32F3N5O/c1-18(2,3)15-11-25-16(28-15)12-26-17(23-4)24-8-5-14-6-9-27(10-7-14)13-19(20,21)22/h11,14H,5-10,12-13H2,1-4H3,(H2,23,24,26). The van der Waals surface area contributed by atoms with E-state index >= 15 is 0 Å². The average Bonchev–Trinajstić information content (AvgIpc) is 3.07. The van der Waals surface area contributed by atoms with Gasteiger partial charge in [-0.1, -0.05) is 20.8 Å². The number of piperidine rings is 1. The minimum absolute atomic E-state index is 0.0825. The Bertz CT molecular complexity index is 628. The summed E-state index contributed by atoms with van der Waals surface area (Å²) in [6.45, 7) is 7.59. The van der Waals surface area contributed by atoms with Crippen LogP contribution in [0.2, 0.25) is 0 Å². The number of halogens is 3. The number of aliphatic imine (C=N–C) groups is 1. The van der Waals surface area contributed by atoms with Crippen molar-refractivity contribution < 1.29 is 17.6 Å². The number of hydrogen-bond acceptors (Lipinski definition) is 4. The summed E-state index contributed by atoms with van der Waals surface area (Å²) in [7, 11) is 1.70. The summed E-state index contributed by atoms with van der Waals surface area (Å²) < 4.78 is 43.1. The van der Waals surface area contributed by atoms with Crippen LogP contribution in [0, 0.1) is 5.92 Å². The molecule has 0 radical (unpaired) electrons. The molecule has 160 valence electrons. The zero-order valence-corrected chi connectivity index (χ0v) is 17.2. The molecule has 0 unspecified atom stereocenters. The molecule has 1 aliphatic rings. The molecule has 0 amide bonds. The highest BCUT2D eigenvalue weighted by atomic mass is 19.4. The number of aromatic nitrogens is 1. The van der Waals surface area contributed by atoms with Gasteiger partial charge in [-0.05, 0) is 38.3 Å². The lowest BCUT2D eigenvalue weighted by Crippen LogP contribution is -2.41. The maximum absolute atomic E-state index is 12.4. The van der Waals surface area contributed by atoms with Crippen molar-refractivity contribution in [3.8, 4) is 0 Å². The summed E-state index contributed by atoms with van der Waals surface area (Å²) in [5.41, 5.74) is -0.0825. The third kappa shape index (κ3) is 7.69. The molecule has 9 heteroatoms. The number of guanidine groups is 1. The van der Waals surface area contributed by atoms with Gasteiger partial charge in [0.15, 0.2) is 5.96 Å². The van der Waals surface area contributed by atoms with E-state index in [1.165, 1.54) is 4.90 Å². The van der Waals surface area contributed by atoms with Gasteiger partial charge in [0.05, 0.1) is 19.3 Å². The highest BCUT2D eigenvalue weighted by Crippen LogP contribution is 2.24. The molecule has 6 nitrogen and oxygen atoms in total. The quantitative estimate of drug-likeness (QED) is 0.564. The summed E-state index contributed by atoms with van der Waals surface area (Å²) in [4.78, 5) is 9.96. The van der Waals surface area contributed by atoms with Crippen molar-refractivity contribution in [2.75, 3.05) is 33.2 Å². The van der Waals surface area contributed by atoms with Gasteiger partial charge in [0.1, 0.15) is 5.76 Å². The van der Waals surface area contributed by atoms with Gasteiger partial charge in [0.2, 0.25) is 5.89 Å². The molecule has 2 rings (SSSR count). The summed E-state index contributed by atoms with van der Waals surface area (Å²) in [5, 5.41) is 6.42. The van der Waals surface area contributed by atoms with E-state index in [1.54, 1.807) is 13.2 Å². The molecule has 1 fully saturated rings. The number of nitrogens with one attached hydrogen (secondary N) is 2. The molecule has 2 heterocycles. The van der Waals surface area contributed by atoms with E-state index < -0.39 is 12.7 Å². The van der Waals surface area contributed by atoms with Crippen molar-refractivity contribution in [2.24, 2.45) is 10.9 Å². The topological polar surface area (TPSA) is 65.7 Å². The van der Waals surface area contributed by atoms with Crippen molar-refractivity contribution in [1.29, 1.82) is 0 Å². The first-order valence-corrected chi connectivity index (χ1v) is 9.75. The molecule has 1 aliphatic heterocycles. The lowest BCUT2D eigenvalue weighted by molar-refractivity contribution is -0.148. The van der Waals surface area contributed by atoms with E-state index in [-0.39, 0.29) is 5.41 Å². The zero-order valence-electron chi connectivity index (χ0n) is 17.2. The number of likely N-dealkylation sites (tertiary alicyclic amines) is 1. The van der Waals surface area contributed by atoms with Gasteiger partial charge in [-0.2, -0.15) is 13.2 Å². The van der Waals surface area contributed by atoms with Crippen LogP contribution in [-0.4, -0.2) is 55.2 Å². The Hall–Kier alpha value is -1.77. The molecule has 1 aromatic heterocycles. The van der Waals surface area contributed by atoms with Gasteiger partial charge in [0.25, 0.3) is 0 Å². The number of alkyl halides is 3. The molecule has 28 heavy (non-hydrogen) atoms. The Kier molecular flexibility index (Phi) is 7.74. The molecule has 0 aromatic carbocycles. The molecule has 1 saturated heterocycles. The van der Waals surface area contributed by atoms with Gasteiger partial charge in [0, 0.05) is 19.0 Å². The van der Waals surface area contributed by atoms with Crippen molar-refractivity contribution in [2.45, 2.75) is 58.2 Å². The van der Waals surface area contributed by atoms with Crippen molar-refractivity contribution in [3.63, 3.8) is 0 Å². The molecular weight excluding hydrogens is 371 g/mol. The monoisotopic (exact) mass is 403 g/mol. The van der Waals surface area contributed by atoms with Crippen LogP contribution in [0.15, 0.2) is 15.6 Å². The fraction of sp³-hybridized carbons (Fsp3) is 0.789. The van der Waals surface area contributed by atoms with Gasteiger partial charge < -0.3 is 15.1 Å². The van der Waals surface area contributed by atoms with Crippen LogP contribution >= 0.6 is 0 Å². The van der Waals surface area contributed by atoms with Gasteiger partial charge in [-0.25, -0.2) is 4.98 Å². The Morgan fingerprint density at radius 1 is 1.25 bits per heavy atom. The Morgan fingerprint density at radius 2 is 1.93 bits per heavy atom. The van der Waals surface area contributed by atoms with Crippen LogP contribution < -0.4 is 10.6 Å². The largest absolute Gasteiger partial charge is 0.443 e. The first kappa shape index (κ1) is 22.5. The second-order valence-corrected chi connectivity index (χ2v) is 8.34. The van der Waals surface area contributed by atoms with Crippen molar-refractivity contribution >= 4 is 5.96 Å². The van der Waals surface area contributed by atoms with Crippen LogP contribution in [0.3, 0.4) is 0 Å². The van der Waals surface area contributed by atoms with E-state index in [9.17, 15) is 13.2 Å². The zero-order chi connectivity index (χ0) is 20.8. The first-order valence-electron chi connectivity index (χ1n) is 9.75. The molecule has 1 aromatic rings. The molecular formula is C19H32F3N5O. The van der Waals surface area contributed by atoms with Crippen LogP contribution in [0.4, 0.5) is 13.2 Å². The van der Waals surface area contributed by atoms with Gasteiger partial charge in [-0.3, -0.25) is 9.89 Å². The lowest BCUT2D eigenvalue weighted by Gasteiger charge is -2.32. The molecule has 0 atom stereocenters. The van der Waals surface area contributed by atoms with Crippen molar-refractivity contribution in [1.82, 2.24) is 20.5 Å². The van der Waals surface area contributed by atoms with Crippen molar-refractivity contribution in [3.05, 3.63) is 17.8 Å². The van der Waals surface area contributed by atoms with E-state index in [0.29, 0.717) is 37.4 Å². The second kappa shape index (κ2) is 9.62. The van der Waals surface area contributed by atoms with Crippen LogP contribution in [-0.2, 0) is 12.0 Å². The molecule has 0 bridgehead atoms. The third-order valence-electron chi connectivity index (χ3n) is 4.88. The maximum Gasteiger partial charge on any atom is 0.401 e. The number of oxazole rings is 1. The van der Waals surface area contributed by atoms with E-state index in [2.05, 4.69) is 41.4 Å². The van der Waals surface area contributed by atoms with Gasteiger partial charge in [-0.15, -0.1) is 0 Å². The van der Waals surface area contributed by atoms with Crippen LogP contribution in [0.1, 0.15) is 51.7 Å². The number of nitrogens with zero attached hydrogens (tertiary/aromatic N) is 3. The van der Waals surface area contributed by atoms with E-state index in [1.807, 2.05) is 0 Å². The fourth-order valence-corrected chi connectivity index (χ4v) is 3.20. The summed E-state index contributed by atoms with van der Waals surface area (Å²) in [6.07, 6.45) is 0.153. The van der Waals surface area contributed by atoms with Crippen LogP contribution in [0.25, 0.3) is 0 Å². The number of hydrogen-bond donors (Lipinski definition) is 2. The molecule has 0 saturated carbocycles. The Labute approximate surface area is 165 Å². The second-order valence-electron chi connectivity index (χ2n) is 8.34. The smallest absolute Gasteiger partial charge is 0.401 e. The molecule has 2 N–H and O–H groups in total. The van der Waals surface area contributed by atoms with E-state index in [0.717, 1.165) is 31.6 Å². The lowest BCUT2D eigenvalue weighted by atomic mass is 9.93. The molecule has 0 aliphatic carbocycles. The molecule has 0 spiro atoms. The Morgan fingerprint density at radius 3 is 2.46 bits per heavy atom. The highest BCUT2D eigenvalue weighted by molar-refractivity contribution is 5.79. The predicted molar refractivity (Wildman–Crippen MR) is 103 cm³/mol.